The predicted molar refractivity (Wildman–Crippen MR) is 105 cm³/mol. The monoisotopic (exact) mass is 358 g/mol. The summed E-state index contributed by atoms with van der Waals surface area (Å²) in [6, 6.07) is 8.22. The Balaban J connectivity index is 1.50. The number of hydrogen-bond donors (Lipinski definition) is 2. The summed E-state index contributed by atoms with van der Waals surface area (Å²) in [7, 11) is 0. The number of carbonyl (C=O) groups is 1. The van der Waals surface area contributed by atoms with Gasteiger partial charge in [-0.3, -0.25) is 4.79 Å². The van der Waals surface area contributed by atoms with E-state index < -0.39 is 0 Å². The zero-order valence-corrected chi connectivity index (χ0v) is 16.3. The molecule has 144 valence electrons. The van der Waals surface area contributed by atoms with Gasteiger partial charge in [0.15, 0.2) is 0 Å². The molecule has 1 aromatic carbocycles. The fourth-order valence-corrected chi connectivity index (χ4v) is 4.60. The largest absolute Gasteiger partial charge is 0.508 e. The first-order valence-electron chi connectivity index (χ1n) is 10.3. The van der Waals surface area contributed by atoms with Gasteiger partial charge in [-0.05, 0) is 48.3 Å². The highest BCUT2D eigenvalue weighted by Crippen LogP contribution is 2.40. The maximum atomic E-state index is 12.6. The van der Waals surface area contributed by atoms with E-state index in [2.05, 4.69) is 25.2 Å². The van der Waals surface area contributed by atoms with E-state index in [0.717, 1.165) is 26.1 Å². The van der Waals surface area contributed by atoms with Crippen LogP contribution in [0.4, 0.5) is 0 Å². The summed E-state index contributed by atoms with van der Waals surface area (Å²) in [6.07, 6.45) is 8.08. The Hall–Kier alpha value is -1.55. The van der Waals surface area contributed by atoms with Gasteiger partial charge in [0, 0.05) is 32.1 Å². The lowest BCUT2D eigenvalue weighted by Crippen LogP contribution is -2.50. The van der Waals surface area contributed by atoms with Crippen LogP contribution >= 0.6 is 0 Å². The van der Waals surface area contributed by atoms with Crippen LogP contribution in [0.3, 0.4) is 0 Å². The van der Waals surface area contributed by atoms with Crippen LogP contribution in [0.25, 0.3) is 0 Å². The number of rotatable bonds is 5. The third kappa shape index (κ3) is 4.40. The minimum Gasteiger partial charge on any atom is -0.508 e. The van der Waals surface area contributed by atoms with Crippen LogP contribution in [-0.2, 0) is 10.2 Å². The summed E-state index contributed by atoms with van der Waals surface area (Å²) >= 11 is 0. The lowest BCUT2D eigenvalue weighted by molar-refractivity contribution is -0.133. The number of nitrogens with one attached hydrogen (secondary N) is 1. The fourth-order valence-electron chi connectivity index (χ4n) is 4.60. The van der Waals surface area contributed by atoms with Gasteiger partial charge in [0.25, 0.3) is 0 Å². The molecule has 1 aliphatic carbocycles. The van der Waals surface area contributed by atoms with Crippen molar-refractivity contribution >= 4 is 5.91 Å². The molecule has 0 radical (unpaired) electrons. The third-order valence-electron chi connectivity index (χ3n) is 6.72. The van der Waals surface area contributed by atoms with Crippen molar-refractivity contribution in [3.05, 3.63) is 29.8 Å². The summed E-state index contributed by atoms with van der Waals surface area (Å²) < 4.78 is 0. The van der Waals surface area contributed by atoms with Crippen molar-refractivity contribution in [1.29, 1.82) is 0 Å². The number of piperidine rings is 1. The average Bonchev–Trinajstić information content (AvgIpc) is 2.65. The molecule has 1 heterocycles. The maximum Gasteiger partial charge on any atom is 0.223 e. The van der Waals surface area contributed by atoms with Gasteiger partial charge in [0.1, 0.15) is 5.75 Å². The molecule has 2 aliphatic rings. The highest BCUT2D eigenvalue weighted by Gasteiger charge is 2.39. The van der Waals surface area contributed by atoms with E-state index in [1.165, 1.54) is 37.7 Å². The van der Waals surface area contributed by atoms with Crippen molar-refractivity contribution in [2.75, 3.05) is 19.6 Å². The second-order valence-electron chi connectivity index (χ2n) is 8.50. The zero-order chi connectivity index (χ0) is 18.6. The first-order valence-corrected chi connectivity index (χ1v) is 10.3. The number of hydrogen-bond acceptors (Lipinski definition) is 3. The molecule has 0 bridgehead atoms. The number of benzene rings is 1. The molecule has 1 saturated carbocycles. The number of phenols is 1. The highest BCUT2D eigenvalue weighted by molar-refractivity contribution is 5.76. The Morgan fingerprint density at radius 1 is 1.31 bits per heavy atom. The third-order valence-corrected chi connectivity index (χ3v) is 6.72. The summed E-state index contributed by atoms with van der Waals surface area (Å²) in [5.74, 6) is 0.967. The van der Waals surface area contributed by atoms with Crippen LogP contribution in [0, 0.1) is 5.92 Å². The average molecular weight is 359 g/mol. The van der Waals surface area contributed by atoms with E-state index in [1.54, 1.807) is 6.07 Å². The number of nitrogens with zero attached hydrogens (tertiary/aromatic N) is 1. The number of likely N-dealkylation sites (tertiary alicyclic amines) is 1. The van der Waals surface area contributed by atoms with Crippen molar-refractivity contribution < 1.29 is 9.90 Å². The standard InChI is InChI=1S/C22H34N2O2/c1-17-16-24(21(26)11-13-23-19-8-4-3-5-9-19)14-12-22(17,2)18-7-6-10-20(25)15-18/h6-7,10,15,17,19,23,25H,3-5,8-9,11-14,16H2,1-2H3. The van der Waals surface area contributed by atoms with Crippen LogP contribution < -0.4 is 5.32 Å². The molecular formula is C22H34N2O2. The van der Waals surface area contributed by atoms with Crippen molar-refractivity contribution in [3.63, 3.8) is 0 Å². The molecule has 1 saturated heterocycles. The van der Waals surface area contributed by atoms with E-state index in [4.69, 9.17) is 0 Å². The Kier molecular flexibility index (Phi) is 6.23. The molecule has 0 aromatic heterocycles. The molecule has 26 heavy (non-hydrogen) atoms. The predicted octanol–water partition coefficient (Wildman–Crippen LogP) is 3.83. The van der Waals surface area contributed by atoms with E-state index in [-0.39, 0.29) is 11.3 Å². The summed E-state index contributed by atoms with van der Waals surface area (Å²) in [4.78, 5) is 14.7. The summed E-state index contributed by atoms with van der Waals surface area (Å²) in [5, 5.41) is 13.4. The van der Waals surface area contributed by atoms with Crippen molar-refractivity contribution in [1.82, 2.24) is 10.2 Å². The molecule has 2 fully saturated rings. The van der Waals surface area contributed by atoms with Crippen LogP contribution in [0.15, 0.2) is 24.3 Å². The van der Waals surface area contributed by atoms with Gasteiger partial charge in [-0.2, -0.15) is 0 Å². The van der Waals surface area contributed by atoms with Gasteiger partial charge < -0.3 is 15.3 Å². The molecule has 2 unspecified atom stereocenters. The van der Waals surface area contributed by atoms with Gasteiger partial charge in [0.2, 0.25) is 5.91 Å². The second kappa shape index (κ2) is 8.43. The highest BCUT2D eigenvalue weighted by atomic mass is 16.3. The quantitative estimate of drug-likeness (QED) is 0.841. The minimum absolute atomic E-state index is 0.00979. The Morgan fingerprint density at radius 3 is 2.77 bits per heavy atom. The SMILES string of the molecule is CC1CN(C(=O)CCNC2CCCCC2)CCC1(C)c1cccc(O)c1. The zero-order valence-electron chi connectivity index (χ0n) is 16.3. The number of aromatic hydroxyl groups is 1. The molecule has 3 rings (SSSR count). The molecule has 4 heteroatoms. The van der Waals surface area contributed by atoms with E-state index in [1.807, 2.05) is 17.0 Å². The fraction of sp³-hybridized carbons (Fsp3) is 0.682. The molecule has 1 aromatic rings. The Bertz CT molecular complexity index is 612. The molecule has 1 aliphatic heterocycles. The number of carbonyl (C=O) groups excluding carboxylic acids is 1. The number of phenolic OH excluding ortho intramolecular Hbond substituents is 1. The van der Waals surface area contributed by atoms with Gasteiger partial charge in [0.05, 0.1) is 0 Å². The molecular weight excluding hydrogens is 324 g/mol. The van der Waals surface area contributed by atoms with Crippen molar-refractivity contribution in [3.8, 4) is 5.75 Å². The first-order chi connectivity index (χ1) is 12.5. The topological polar surface area (TPSA) is 52.6 Å². The smallest absolute Gasteiger partial charge is 0.223 e. The van der Waals surface area contributed by atoms with Crippen LogP contribution in [0.5, 0.6) is 5.75 Å². The van der Waals surface area contributed by atoms with Gasteiger partial charge >= 0.3 is 0 Å². The van der Waals surface area contributed by atoms with Crippen molar-refractivity contribution in [2.24, 2.45) is 5.92 Å². The lowest BCUT2D eigenvalue weighted by atomic mass is 9.68. The summed E-state index contributed by atoms with van der Waals surface area (Å²) in [6.45, 7) is 6.90. The number of amides is 1. The van der Waals surface area contributed by atoms with E-state index in [9.17, 15) is 9.90 Å². The van der Waals surface area contributed by atoms with Gasteiger partial charge in [-0.1, -0.05) is 45.2 Å². The summed E-state index contributed by atoms with van der Waals surface area (Å²) in [5.41, 5.74) is 1.19. The first kappa shape index (κ1) is 19.2. The normalized spacial score (nSPS) is 27.5. The molecule has 2 atom stereocenters. The molecule has 1 amide bonds. The minimum atomic E-state index is 0.00979. The van der Waals surface area contributed by atoms with Crippen LogP contribution in [0.1, 0.15) is 64.4 Å². The Morgan fingerprint density at radius 2 is 2.08 bits per heavy atom. The second-order valence-corrected chi connectivity index (χ2v) is 8.50. The van der Waals surface area contributed by atoms with E-state index in [0.29, 0.717) is 24.1 Å². The molecule has 0 spiro atoms. The molecule has 4 nitrogen and oxygen atoms in total. The van der Waals surface area contributed by atoms with Crippen LogP contribution in [0.2, 0.25) is 0 Å². The maximum absolute atomic E-state index is 12.6. The van der Waals surface area contributed by atoms with E-state index >= 15 is 0 Å². The lowest BCUT2D eigenvalue weighted by Gasteiger charge is -2.45. The van der Waals surface area contributed by atoms with Gasteiger partial charge in [-0.15, -0.1) is 0 Å². The van der Waals surface area contributed by atoms with Crippen molar-refractivity contribution in [2.45, 2.75) is 70.3 Å². The van der Waals surface area contributed by atoms with Gasteiger partial charge in [-0.25, -0.2) is 0 Å². The van der Waals surface area contributed by atoms with Crippen LogP contribution in [-0.4, -0.2) is 41.6 Å². The molecule has 2 N–H and O–H groups in total. The Labute approximate surface area is 158 Å².